The van der Waals surface area contributed by atoms with Gasteiger partial charge >= 0.3 is 5.97 Å². The van der Waals surface area contributed by atoms with E-state index in [9.17, 15) is 14.7 Å². The highest BCUT2D eigenvalue weighted by Gasteiger charge is 2.25. The first-order chi connectivity index (χ1) is 24.8. The quantitative estimate of drug-likeness (QED) is 0.135. The molecule has 3 aromatic carbocycles. The molecule has 6 rings (SSSR count). The summed E-state index contributed by atoms with van der Waals surface area (Å²) in [6.45, 7) is 5.40. The fraction of sp³-hybridized carbons (Fsp3) is 0.293. The molecule has 2 N–H and O–H groups in total. The first kappa shape index (κ1) is 35.2. The number of amides is 1. The number of ether oxygens (including phenoxy) is 2. The Balaban J connectivity index is 1.08. The van der Waals surface area contributed by atoms with Gasteiger partial charge in [-0.1, -0.05) is 78.9 Å². The van der Waals surface area contributed by atoms with Crippen molar-refractivity contribution in [3.8, 4) is 17.0 Å². The van der Waals surface area contributed by atoms with E-state index >= 15 is 0 Å². The average molecular weight is 686 g/mol. The standard InChI is InChI=1S/C41H43N5O5/c1-28-40(51-27-32-11-7-4-8-12-32)39(41(49)43-25-38(48)50-26-31-9-5-3-6-10-31)45-37(44-28)23-30-19-21-46(22-20-30)35-16-13-33(14-17-35)36-18-15-34(24-42-36)29(2)47/h3-18,24,29-30,47H,19-23,25-27H2,1-2H3,(H,43,49). The second-order valence-electron chi connectivity index (χ2n) is 12.8. The normalized spacial score (nSPS) is 13.7. The monoisotopic (exact) mass is 685 g/mol. The number of rotatable bonds is 13. The molecule has 1 fully saturated rings. The largest absolute Gasteiger partial charge is 0.485 e. The Labute approximate surface area is 298 Å². The molecule has 1 atom stereocenters. The van der Waals surface area contributed by atoms with Crippen molar-refractivity contribution in [3.05, 3.63) is 137 Å². The molecule has 1 amide bonds. The van der Waals surface area contributed by atoms with Crippen LogP contribution in [0.2, 0.25) is 0 Å². The van der Waals surface area contributed by atoms with Crippen molar-refractivity contribution < 1.29 is 24.2 Å². The van der Waals surface area contributed by atoms with E-state index in [0.717, 1.165) is 59.6 Å². The lowest BCUT2D eigenvalue weighted by molar-refractivity contribution is -0.143. The summed E-state index contributed by atoms with van der Waals surface area (Å²) in [5.41, 5.74) is 6.33. The zero-order chi connectivity index (χ0) is 35.6. The van der Waals surface area contributed by atoms with Crippen LogP contribution in [0, 0.1) is 12.8 Å². The molecule has 51 heavy (non-hydrogen) atoms. The van der Waals surface area contributed by atoms with Gasteiger partial charge in [-0.15, -0.1) is 0 Å². The van der Waals surface area contributed by atoms with Crippen LogP contribution in [0.25, 0.3) is 11.3 Å². The molecular weight excluding hydrogens is 642 g/mol. The van der Waals surface area contributed by atoms with Crippen LogP contribution in [-0.4, -0.2) is 51.6 Å². The van der Waals surface area contributed by atoms with E-state index in [1.165, 1.54) is 0 Å². The van der Waals surface area contributed by atoms with Gasteiger partial charge in [-0.05, 0) is 67.5 Å². The van der Waals surface area contributed by atoms with Crippen LogP contribution in [0.5, 0.6) is 5.75 Å². The number of aliphatic hydroxyl groups is 1. The number of carbonyl (C=O) groups excluding carboxylic acids is 2. The highest BCUT2D eigenvalue weighted by molar-refractivity contribution is 5.96. The van der Waals surface area contributed by atoms with Gasteiger partial charge in [0.1, 0.15) is 25.6 Å². The maximum Gasteiger partial charge on any atom is 0.325 e. The van der Waals surface area contributed by atoms with Crippen LogP contribution in [0.15, 0.2) is 103 Å². The Morgan fingerprint density at radius 1 is 0.882 bits per heavy atom. The van der Waals surface area contributed by atoms with Gasteiger partial charge in [0.2, 0.25) is 0 Å². The van der Waals surface area contributed by atoms with E-state index in [1.54, 1.807) is 13.1 Å². The van der Waals surface area contributed by atoms with Crippen LogP contribution in [0.4, 0.5) is 5.69 Å². The Hall–Kier alpha value is -5.61. The van der Waals surface area contributed by atoms with Crippen molar-refractivity contribution in [2.45, 2.75) is 52.4 Å². The second-order valence-corrected chi connectivity index (χ2v) is 12.8. The van der Waals surface area contributed by atoms with E-state index in [2.05, 4.69) is 39.5 Å². The lowest BCUT2D eigenvalue weighted by Gasteiger charge is -2.33. The van der Waals surface area contributed by atoms with E-state index in [4.69, 9.17) is 19.4 Å². The third-order valence-corrected chi connectivity index (χ3v) is 9.04. The molecule has 1 aliphatic heterocycles. The minimum atomic E-state index is -0.547. The molecule has 262 valence electrons. The van der Waals surface area contributed by atoms with Crippen molar-refractivity contribution >= 4 is 17.6 Å². The van der Waals surface area contributed by atoms with Gasteiger partial charge in [-0.3, -0.25) is 14.6 Å². The third-order valence-electron chi connectivity index (χ3n) is 9.04. The fourth-order valence-corrected chi connectivity index (χ4v) is 6.11. The Morgan fingerprint density at radius 3 is 2.18 bits per heavy atom. The Kier molecular flexibility index (Phi) is 11.6. The molecule has 0 saturated carbocycles. The minimum absolute atomic E-state index is 0.108. The van der Waals surface area contributed by atoms with E-state index in [-0.39, 0.29) is 25.5 Å². The number of aryl methyl sites for hydroxylation is 1. The summed E-state index contributed by atoms with van der Waals surface area (Å²) in [4.78, 5) is 42.3. The molecule has 1 unspecified atom stereocenters. The highest BCUT2D eigenvalue weighted by atomic mass is 16.5. The molecule has 0 bridgehead atoms. The number of pyridine rings is 1. The van der Waals surface area contributed by atoms with Crippen molar-refractivity contribution in [2.75, 3.05) is 24.5 Å². The number of benzene rings is 3. The van der Waals surface area contributed by atoms with Crippen LogP contribution in [0.3, 0.4) is 0 Å². The van der Waals surface area contributed by atoms with Crippen LogP contribution < -0.4 is 15.0 Å². The number of nitrogens with one attached hydrogen (secondary N) is 1. The lowest BCUT2D eigenvalue weighted by Crippen LogP contribution is -2.35. The fourth-order valence-electron chi connectivity index (χ4n) is 6.11. The molecule has 10 heteroatoms. The number of piperidine rings is 1. The summed E-state index contributed by atoms with van der Waals surface area (Å²) in [7, 11) is 0. The van der Waals surface area contributed by atoms with Gasteiger partial charge in [0.25, 0.3) is 5.91 Å². The van der Waals surface area contributed by atoms with Crippen molar-refractivity contribution in [1.82, 2.24) is 20.3 Å². The van der Waals surface area contributed by atoms with Crippen LogP contribution in [-0.2, 0) is 29.2 Å². The Bertz CT molecular complexity index is 1890. The first-order valence-electron chi connectivity index (χ1n) is 17.3. The summed E-state index contributed by atoms with van der Waals surface area (Å²) >= 11 is 0. The summed E-state index contributed by atoms with van der Waals surface area (Å²) < 4.78 is 11.5. The zero-order valence-corrected chi connectivity index (χ0v) is 29.0. The highest BCUT2D eigenvalue weighted by Crippen LogP contribution is 2.29. The smallest absolute Gasteiger partial charge is 0.325 e. The van der Waals surface area contributed by atoms with Gasteiger partial charge in [0.05, 0.1) is 17.5 Å². The molecule has 5 aromatic rings. The molecular formula is C41H43N5O5. The molecule has 1 aliphatic rings. The van der Waals surface area contributed by atoms with Crippen LogP contribution in [0.1, 0.15) is 64.6 Å². The van der Waals surface area contributed by atoms with Gasteiger partial charge in [0.15, 0.2) is 11.4 Å². The number of hydrogen-bond donors (Lipinski definition) is 2. The predicted octanol–water partition coefficient (Wildman–Crippen LogP) is 6.41. The van der Waals surface area contributed by atoms with E-state index in [0.29, 0.717) is 29.6 Å². The summed E-state index contributed by atoms with van der Waals surface area (Å²) in [5, 5.41) is 12.4. The summed E-state index contributed by atoms with van der Waals surface area (Å²) in [6, 6.07) is 31.3. The SMILES string of the molecule is Cc1nc(CC2CCN(c3ccc(-c4ccc(C(C)O)cn4)cc3)CC2)nc(C(=O)NCC(=O)OCc2ccccc2)c1OCc1ccccc1. The number of anilines is 1. The van der Waals surface area contributed by atoms with Crippen molar-refractivity contribution in [3.63, 3.8) is 0 Å². The van der Waals surface area contributed by atoms with Gasteiger partial charge < -0.3 is 24.8 Å². The number of carbonyl (C=O) groups is 2. The number of aliphatic hydroxyl groups excluding tert-OH is 1. The van der Waals surface area contributed by atoms with E-state index < -0.39 is 18.0 Å². The maximum absolute atomic E-state index is 13.5. The second kappa shape index (κ2) is 16.9. The summed E-state index contributed by atoms with van der Waals surface area (Å²) in [5.74, 6) is 0.151. The Morgan fingerprint density at radius 2 is 1.55 bits per heavy atom. The van der Waals surface area contributed by atoms with Gasteiger partial charge in [-0.25, -0.2) is 9.97 Å². The van der Waals surface area contributed by atoms with E-state index in [1.807, 2.05) is 79.7 Å². The molecule has 1 saturated heterocycles. The van der Waals surface area contributed by atoms with Gasteiger partial charge in [0, 0.05) is 37.0 Å². The van der Waals surface area contributed by atoms with Crippen LogP contribution >= 0.6 is 0 Å². The summed E-state index contributed by atoms with van der Waals surface area (Å²) in [6.07, 6.45) is 3.70. The predicted molar refractivity (Wildman–Crippen MR) is 195 cm³/mol. The van der Waals surface area contributed by atoms with Crippen molar-refractivity contribution in [1.29, 1.82) is 0 Å². The molecule has 0 spiro atoms. The first-order valence-corrected chi connectivity index (χ1v) is 17.3. The minimum Gasteiger partial charge on any atom is -0.485 e. The number of nitrogens with zero attached hydrogens (tertiary/aromatic N) is 4. The topological polar surface area (TPSA) is 127 Å². The average Bonchev–Trinajstić information content (AvgIpc) is 3.17. The lowest BCUT2D eigenvalue weighted by atomic mass is 9.92. The molecule has 10 nitrogen and oxygen atoms in total. The molecule has 0 aliphatic carbocycles. The maximum atomic E-state index is 13.5. The van der Waals surface area contributed by atoms with Crippen molar-refractivity contribution in [2.24, 2.45) is 5.92 Å². The van der Waals surface area contributed by atoms with Gasteiger partial charge in [-0.2, -0.15) is 0 Å². The zero-order valence-electron chi connectivity index (χ0n) is 29.0. The molecule has 2 aromatic heterocycles. The number of aromatic nitrogens is 3. The third kappa shape index (κ3) is 9.55. The number of esters is 1. The molecule has 0 radical (unpaired) electrons. The number of hydrogen-bond acceptors (Lipinski definition) is 9. The molecule has 3 heterocycles.